The number of morpholine rings is 1. The highest BCUT2D eigenvalue weighted by Gasteiger charge is 2.28. The van der Waals surface area contributed by atoms with Gasteiger partial charge in [-0.1, -0.05) is 0 Å². The Hall–Kier alpha value is -0.610. The number of hydrogen-bond acceptors (Lipinski definition) is 4. The number of carbonyl (C=O) groups is 1. The van der Waals surface area contributed by atoms with Gasteiger partial charge in [0.2, 0.25) is 5.91 Å². The van der Waals surface area contributed by atoms with E-state index in [1.807, 2.05) is 0 Å². The van der Waals surface area contributed by atoms with Crippen molar-refractivity contribution in [2.45, 2.75) is 25.0 Å². The number of hydrogen-bond donors (Lipinski definition) is 1. The second-order valence-corrected chi connectivity index (χ2v) is 5.74. The number of carbonyl (C=O) groups excluding carboxylic acids is 1. The molecule has 1 aliphatic carbocycles. The van der Waals surface area contributed by atoms with Crippen LogP contribution in [0.3, 0.4) is 0 Å². The Bertz CT molecular complexity index is 386. The number of aliphatic imine (C=N–C) groups is 1. The summed E-state index contributed by atoms with van der Waals surface area (Å²) in [5.41, 5.74) is 0. The Morgan fingerprint density at radius 3 is 2.77 bits per heavy atom. The number of halogens is 1. The lowest BCUT2D eigenvalue weighted by atomic mass is 10.3. The van der Waals surface area contributed by atoms with E-state index in [-0.39, 0.29) is 42.5 Å². The van der Waals surface area contributed by atoms with Gasteiger partial charge in [-0.15, -0.1) is 24.0 Å². The van der Waals surface area contributed by atoms with Crippen LogP contribution in [0.5, 0.6) is 0 Å². The van der Waals surface area contributed by atoms with Gasteiger partial charge in [-0.2, -0.15) is 0 Å². The number of nitrogens with zero attached hydrogens (tertiary/aromatic N) is 3. The minimum Gasteiger partial charge on any atom is -0.382 e. The van der Waals surface area contributed by atoms with Gasteiger partial charge in [0.05, 0.1) is 19.3 Å². The molecular formula is C14H27IN4O3. The van der Waals surface area contributed by atoms with E-state index in [2.05, 4.69) is 15.2 Å². The summed E-state index contributed by atoms with van der Waals surface area (Å²) in [6.07, 6.45) is 2.40. The molecule has 1 saturated heterocycles. The van der Waals surface area contributed by atoms with Crippen LogP contribution in [-0.2, 0) is 14.3 Å². The maximum Gasteiger partial charge on any atom is 0.243 e. The van der Waals surface area contributed by atoms with Crippen molar-refractivity contribution in [1.82, 2.24) is 15.1 Å². The van der Waals surface area contributed by atoms with Crippen LogP contribution in [0.4, 0.5) is 0 Å². The lowest BCUT2D eigenvalue weighted by Crippen LogP contribution is -2.52. The molecule has 1 saturated carbocycles. The van der Waals surface area contributed by atoms with E-state index in [4.69, 9.17) is 9.47 Å². The van der Waals surface area contributed by atoms with Gasteiger partial charge < -0.3 is 24.6 Å². The third-order valence-electron chi connectivity index (χ3n) is 3.56. The van der Waals surface area contributed by atoms with E-state index in [0.29, 0.717) is 19.3 Å². The summed E-state index contributed by atoms with van der Waals surface area (Å²) in [4.78, 5) is 19.9. The highest BCUT2D eigenvalue weighted by atomic mass is 127. The number of methoxy groups -OCH3 is 1. The van der Waals surface area contributed by atoms with Crippen molar-refractivity contribution in [2.75, 3.05) is 54.1 Å². The molecule has 2 fully saturated rings. The molecule has 1 heterocycles. The average Bonchev–Trinajstić information content (AvgIpc) is 3.27. The minimum atomic E-state index is 0. The fraction of sp³-hybridized carbons (Fsp3) is 0.857. The second-order valence-electron chi connectivity index (χ2n) is 5.74. The van der Waals surface area contributed by atoms with Gasteiger partial charge >= 0.3 is 0 Å². The Balaban J connectivity index is 0.00000242. The summed E-state index contributed by atoms with van der Waals surface area (Å²) >= 11 is 0. The summed E-state index contributed by atoms with van der Waals surface area (Å²) in [6.45, 7) is 2.93. The predicted octanol–water partition coefficient (Wildman–Crippen LogP) is 0.148. The molecular weight excluding hydrogens is 399 g/mol. The number of nitrogens with one attached hydrogen (secondary N) is 1. The Kier molecular flexibility index (Phi) is 8.40. The molecule has 22 heavy (non-hydrogen) atoms. The normalized spacial score (nSPS) is 22.0. The highest BCUT2D eigenvalue weighted by Crippen LogP contribution is 2.19. The van der Waals surface area contributed by atoms with Crippen molar-refractivity contribution in [3.8, 4) is 0 Å². The molecule has 1 unspecified atom stereocenters. The SMILES string of the molecule is COCC1CN(C(=NCC(=O)N(C)C)NC2CC2)CCO1.I. The highest BCUT2D eigenvalue weighted by molar-refractivity contribution is 14.0. The Morgan fingerprint density at radius 2 is 2.18 bits per heavy atom. The Labute approximate surface area is 149 Å². The molecule has 1 atom stereocenters. The largest absolute Gasteiger partial charge is 0.382 e. The zero-order valence-corrected chi connectivity index (χ0v) is 15.9. The first kappa shape index (κ1) is 19.4. The third kappa shape index (κ3) is 6.25. The van der Waals surface area contributed by atoms with Gasteiger partial charge in [-0.3, -0.25) is 4.79 Å². The first-order chi connectivity index (χ1) is 10.1. The maximum absolute atomic E-state index is 11.7. The molecule has 8 heteroatoms. The summed E-state index contributed by atoms with van der Waals surface area (Å²) < 4.78 is 10.8. The van der Waals surface area contributed by atoms with Crippen molar-refractivity contribution >= 4 is 35.8 Å². The molecule has 0 bridgehead atoms. The van der Waals surface area contributed by atoms with Crippen molar-refractivity contribution in [3.05, 3.63) is 0 Å². The molecule has 1 aliphatic heterocycles. The van der Waals surface area contributed by atoms with E-state index >= 15 is 0 Å². The standard InChI is InChI=1S/C14H26N4O3.HI/c1-17(2)13(19)8-15-14(16-11-4-5-11)18-6-7-21-12(9-18)10-20-3;/h11-12H,4-10H2,1-3H3,(H,15,16);1H. The lowest BCUT2D eigenvalue weighted by Gasteiger charge is -2.35. The third-order valence-corrected chi connectivity index (χ3v) is 3.56. The molecule has 0 spiro atoms. The maximum atomic E-state index is 11.7. The molecule has 0 aromatic heterocycles. The predicted molar refractivity (Wildman–Crippen MR) is 95.8 cm³/mol. The van der Waals surface area contributed by atoms with E-state index in [1.165, 1.54) is 12.8 Å². The first-order valence-electron chi connectivity index (χ1n) is 7.46. The van der Waals surface area contributed by atoms with Crippen LogP contribution in [0, 0.1) is 0 Å². The number of amides is 1. The quantitative estimate of drug-likeness (QED) is 0.385. The molecule has 1 N–H and O–H groups in total. The van der Waals surface area contributed by atoms with Gasteiger partial charge in [0.15, 0.2) is 5.96 Å². The summed E-state index contributed by atoms with van der Waals surface area (Å²) in [6, 6.07) is 0.502. The number of ether oxygens (including phenoxy) is 2. The van der Waals surface area contributed by atoms with E-state index in [0.717, 1.165) is 19.0 Å². The second kappa shape index (κ2) is 9.51. The summed E-state index contributed by atoms with van der Waals surface area (Å²) in [5.74, 6) is 0.823. The molecule has 7 nitrogen and oxygen atoms in total. The fourth-order valence-electron chi connectivity index (χ4n) is 2.13. The monoisotopic (exact) mass is 426 g/mol. The summed E-state index contributed by atoms with van der Waals surface area (Å²) in [5, 5.41) is 3.43. The van der Waals surface area contributed by atoms with Crippen LogP contribution in [0.2, 0.25) is 0 Å². The van der Waals surface area contributed by atoms with Gasteiger partial charge in [0.25, 0.3) is 0 Å². The van der Waals surface area contributed by atoms with Crippen LogP contribution >= 0.6 is 24.0 Å². The van der Waals surface area contributed by atoms with Crippen molar-refractivity contribution < 1.29 is 14.3 Å². The molecule has 0 aromatic rings. The number of rotatable bonds is 5. The molecule has 128 valence electrons. The van der Waals surface area contributed by atoms with E-state index in [1.54, 1.807) is 26.1 Å². The van der Waals surface area contributed by atoms with Crippen molar-refractivity contribution in [3.63, 3.8) is 0 Å². The van der Waals surface area contributed by atoms with Crippen molar-refractivity contribution in [1.29, 1.82) is 0 Å². The van der Waals surface area contributed by atoms with Crippen LogP contribution in [0.1, 0.15) is 12.8 Å². The first-order valence-corrected chi connectivity index (χ1v) is 7.46. The fourth-order valence-corrected chi connectivity index (χ4v) is 2.13. The zero-order valence-electron chi connectivity index (χ0n) is 13.6. The number of guanidine groups is 1. The van der Waals surface area contributed by atoms with Gasteiger partial charge in [0.1, 0.15) is 6.54 Å². The summed E-state index contributed by atoms with van der Waals surface area (Å²) in [7, 11) is 5.17. The molecule has 0 radical (unpaired) electrons. The van der Waals surface area contributed by atoms with E-state index in [9.17, 15) is 4.79 Å². The van der Waals surface area contributed by atoms with Gasteiger partial charge in [-0.05, 0) is 12.8 Å². The lowest BCUT2D eigenvalue weighted by molar-refractivity contribution is -0.127. The molecule has 1 amide bonds. The van der Waals surface area contributed by atoms with Crippen LogP contribution in [-0.4, -0.2) is 87.9 Å². The van der Waals surface area contributed by atoms with Crippen molar-refractivity contribution in [2.24, 2.45) is 4.99 Å². The average molecular weight is 426 g/mol. The zero-order chi connectivity index (χ0) is 15.2. The Morgan fingerprint density at radius 1 is 1.45 bits per heavy atom. The minimum absolute atomic E-state index is 0. The van der Waals surface area contributed by atoms with Crippen LogP contribution in [0.25, 0.3) is 0 Å². The molecule has 2 rings (SSSR count). The van der Waals surface area contributed by atoms with Crippen LogP contribution in [0.15, 0.2) is 4.99 Å². The van der Waals surface area contributed by atoms with Gasteiger partial charge in [0, 0.05) is 40.3 Å². The van der Waals surface area contributed by atoms with E-state index < -0.39 is 0 Å². The topological polar surface area (TPSA) is 66.4 Å². The smallest absolute Gasteiger partial charge is 0.243 e. The van der Waals surface area contributed by atoms with Gasteiger partial charge in [-0.25, -0.2) is 4.99 Å². The molecule has 2 aliphatic rings. The molecule has 0 aromatic carbocycles. The van der Waals surface area contributed by atoms with Crippen LogP contribution < -0.4 is 5.32 Å². The number of likely N-dealkylation sites (N-methyl/N-ethyl adjacent to an activating group) is 1.